The molecule has 3 N–H and O–H groups in total. The third-order valence-electron chi connectivity index (χ3n) is 2.90. The lowest BCUT2D eigenvalue weighted by Gasteiger charge is -2.27. The lowest BCUT2D eigenvalue weighted by molar-refractivity contribution is -0.137. The van der Waals surface area contributed by atoms with Crippen LogP contribution < -0.4 is 11.2 Å². The lowest BCUT2D eigenvalue weighted by atomic mass is 10.1. The van der Waals surface area contributed by atoms with Crippen LogP contribution in [0.2, 0.25) is 0 Å². The van der Waals surface area contributed by atoms with Crippen LogP contribution in [0.1, 0.15) is 15.9 Å². The largest absolute Gasteiger partial charge is 0.416 e. The van der Waals surface area contributed by atoms with E-state index in [-0.39, 0.29) is 11.3 Å². The minimum Gasteiger partial charge on any atom is -0.398 e. The van der Waals surface area contributed by atoms with E-state index in [1.165, 1.54) is 0 Å². The zero-order valence-corrected chi connectivity index (χ0v) is 10.5. The molecule has 0 radical (unpaired) electrons. The van der Waals surface area contributed by atoms with Gasteiger partial charge in [0.15, 0.2) is 0 Å². The van der Waals surface area contributed by atoms with Crippen LogP contribution in [0.3, 0.4) is 0 Å². The average Bonchev–Trinajstić information content (AvgIpc) is 2.39. The van der Waals surface area contributed by atoms with Gasteiger partial charge >= 0.3 is 6.18 Å². The van der Waals surface area contributed by atoms with Crippen LogP contribution in [0.25, 0.3) is 0 Å². The highest BCUT2D eigenvalue weighted by molar-refractivity contribution is 5.99. The fourth-order valence-electron chi connectivity index (χ4n) is 1.81. The Labute approximate surface area is 113 Å². The van der Waals surface area contributed by atoms with Gasteiger partial charge in [0.1, 0.15) is 0 Å². The number of carbonyl (C=O) groups is 1. The van der Waals surface area contributed by atoms with Gasteiger partial charge in [-0.2, -0.15) is 13.2 Å². The number of rotatable bonds is 2. The molecule has 0 spiro atoms. The molecule has 1 aliphatic rings. The van der Waals surface area contributed by atoms with Crippen molar-refractivity contribution in [3.05, 3.63) is 29.3 Å². The molecule has 0 bridgehead atoms. The molecule has 0 saturated carbocycles. The van der Waals surface area contributed by atoms with Crippen LogP contribution in [0.5, 0.6) is 0 Å². The number of amides is 1. The summed E-state index contributed by atoms with van der Waals surface area (Å²) in [6.45, 7) is 1.87. The molecular weight excluding hydrogens is 275 g/mol. The number of hydrogen-bond acceptors (Lipinski definition) is 4. The van der Waals surface area contributed by atoms with Gasteiger partial charge in [-0.1, -0.05) is 0 Å². The number of nitrogens with one attached hydrogen (secondary N) is 1. The predicted molar refractivity (Wildman–Crippen MR) is 65.7 cm³/mol. The molecule has 1 aliphatic heterocycles. The zero-order chi connectivity index (χ0) is 14.8. The number of nitrogens with two attached hydrogens (primary N) is 1. The first-order chi connectivity index (χ1) is 9.38. The second-order valence-electron chi connectivity index (χ2n) is 4.34. The van der Waals surface area contributed by atoms with Gasteiger partial charge < -0.3 is 10.5 Å². The number of carbonyl (C=O) groups excluding carboxylic acids is 1. The number of halogens is 3. The van der Waals surface area contributed by atoms with Crippen molar-refractivity contribution in [2.24, 2.45) is 0 Å². The molecule has 5 nitrogen and oxygen atoms in total. The van der Waals surface area contributed by atoms with Gasteiger partial charge in [-0.05, 0) is 18.2 Å². The smallest absolute Gasteiger partial charge is 0.398 e. The molecule has 0 aromatic heterocycles. The number of alkyl halides is 3. The Hall–Kier alpha value is -1.80. The monoisotopic (exact) mass is 289 g/mol. The maximum Gasteiger partial charge on any atom is 0.416 e. The minimum atomic E-state index is -4.51. The molecule has 0 aliphatic carbocycles. The summed E-state index contributed by atoms with van der Waals surface area (Å²) in [6, 6.07) is 2.68. The first-order valence-electron chi connectivity index (χ1n) is 5.98. The highest BCUT2D eigenvalue weighted by atomic mass is 19.4. The van der Waals surface area contributed by atoms with Crippen LogP contribution in [0, 0.1) is 0 Å². The predicted octanol–water partition coefficient (Wildman–Crippen LogP) is 1.26. The van der Waals surface area contributed by atoms with Gasteiger partial charge in [0.2, 0.25) is 0 Å². The quantitative estimate of drug-likeness (QED) is 0.804. The number of anilines is 1. The first-order valence-corrected chi connectivity index (χ1v) is 5.98. The summed E-state index contributed by atoms with van der Waals surface area (Å²) in [7, 11) is 0. The Morgan fingerprint density at radius 2 is 1.95 bits per heavy atom. The van der Waals surface area contributed by atoms with Crippen molar-refractivity contribution in [1.29, 1.82) is 0 Å². The van der Waals surface area contributed by atoms with Crippen LogP contribution in [0.4, 0.5) is 18.9 Å². The van der Waals surface area contributed by atoms with E-state index in [4.69, 9.17) is 10.5 Å². The molecule has 1 heterocycles. The number of ether oxygens (including phenoxy) is 1. The first kappa shape index (κ1) is 14.6. The molecule has 1 amide bonds. The highest BCUT2D eigenvalue weighted by Gasteiger charge is 2.31. The number of nitrogens with zero attached hydrogens (tertiary/aromatic N) is 1. The minimum absolute atomic E-state index is 0.00348. The molecule has 8 heteroatoms. The van der Waals surface area contributed by atoms with Crippen molar-refractivity contribution < 1.29 is 22.7 Å². The van der Waals surface area contributed by atoms with E-state index in [1.54, 1.807) is 5.01 Å². The maximum absolute atomic E-state index is 12.6. The molecule has 0 unspecified atom stereocenters. The van der Waals surface area contributed by atoms with Crippen molar-refractivity contribution in [1.82, 2.24) is 10.4 Å². The molecular formula is C12H14F3N3O2. The van der Waals surface area contributed by atoms with E-state index in [9.17, 15) is 18.0 Å². The molecule has 1 saturated heterocycles. The van der Waals surface area contributed by atoms with Gasteiger partial charge in [-0.25, -0.2) is 5.01 Å². The third-order valence-corrected chi connectivity index (χ3v) is 2.90. The number of benzene rings is 1. The number of morpholine rings is 1. The van der Waals surface area contributed by atoms with Gasteiger partial charge in [0.25, 0.3) is 5.91 Å². The van der Waals surface area contributed by atoms with Crippen LogP contribution in [0.15, 0.2) is 18.2 Å². The molecule has 0 atom stereocenters. The van der Waals surface area contributed by atoms with Crippen LogP contribution >= 0.6 is 0 Å². The number of hydrogen-bond donors (Lipinski definition) is 2. The fourth-order valence-corrected chi connectivity index (χ4v) is 1.81. The summed E-state index contributed by atoms with van der Waals surface area (Å²) in [5.41, 5.74) is 7.00. The number of nitrogen functional groups attached to an aromatic ring is 1. The van der Waals surface area contributed by atoms with Crippen LogP contribution in [-0.2, 0) is 10.9 Å². The molecule has 2 rings (SSSR count). The second kappa shape index (κ2) is 5.68. The SMILES string of the molecule is Nc1ccc(C(F)(F)F)cc1C(=O)NN1CCOCC1. The van der Waals surface area contributed by atoms with E-state index in [0.29, 0.717) is 26.3 Å². The van der Waals surface area contributed by atoms with E-state index in [2.05, 4.69) is 5.43 Å². The summed E-state index contributed by atoms with van der Waals surface area (Å²) in [4.78, 5) is 12.0. The van der Waals surface area contributed by atoms with E-state index < -0.39 is 17.6 Å². The van der Waals surface area contributed by atoms with E-state index >= 15 is 0 Å². The average molecular weight is 289 g/mol. The van der Waals surface area contributed by atoms with Crippen molar-refractivity contribution in [3.63, 3.8) is 0 Å². The lowest BCUT2D eigenvalue weighted by Crippen LogP contribution is -2.48. The Bertz CT molecular complexity index is 499. The van der Waals surface area contributed by atoms with Crippen molar-refractivity contribution in [2.45, 2.75) is 6.18 Å². The van der Waals surface area contributed by atoms with Gasteiger partial charge in [-0.3, -0.25) is 10.2 Å². The van der Waals surface area contributed by atoms with Gasteiger partial charge in [-0.15, -0.1) is 0 Å². The maximum atomic E-state index is 12.6. The van der Waals surface area contributed by atoms with Gasteiger partial charge in [0.05, 0.1) is 24.3 Å². The van der Waals surface area contributed by atoms with Crippen molar-refractivity contribution >= 4 is 11.6 Å². The van der Waals surface area contributed by atoms with Crippen molar-refractivity contribution in [2.75, 3.05) is 32.0 Å². The third kappa shape index (κ3) is 3.40. The summed E-state index contributed by atoms with van der Waals surface area (Å²) < 4.78 is 43.0. The molecule has 110 valence electrons. The summed E-state index contributed by atoms with van der Waals surface area (Å²) in [5, 5.41) is 1.59. The molecule has 1 fully saturated rings. The van der Waals surface area contributed by atoms with Gasteiger partial charge in [0, 0.05) is 18.8 Å². The zero-order valence-electron chi connectivity index (χ0n) is 10.5. The Balaban J connectivity index is 2.16. The Morgan fingerprint density at radius 3 is 2.55 bits per heavy atom. The Morgan fingerprint density at radius 1 is 1.30 bits per heavy atom. The molecule has 20 heavy (non-hydrogen) atoms. The standard InChI is InChI=1S/C12H14F3N3O2/c13-12(14,15)8-1-2-10(16)9(7-8)11(19)17-18-3-5-20-6-4-18/h1-2,7H,3-6,16H2,(H,17,19). The van der Waals surface area contributed by atoms with E-state index in [1.807, 2.05) is 0 Å². The number of hydrazine groups is 1. The normalized spacial score (nSPS) is 16.9. The summed E-state index contributed by atoms with van der Waals surface area (Å²) >= 11 is 0. The molecule has 1 aromatic carbocycles. The topological polar surface area (TPSA) is 67.6 Å². The van der Waals surface area contributed by atoms with Crippen molar-refractivity contribution in [3.8, 4) is 0 Å². The summed E-state index contributed by atoms with van der Waals surface area (Å²) in [6.07, 6.45) is -4.51. The molecule has 1 aromatic rings. The van der Waals surface area contributed by atoms with Crippen LogP contribution in [-0.4, -0.2) is 37.2 Å². The second-order valence-corrected chi connectivity index (χ2v) is 4.34. The van der Waals surface area contributed by atoms with E-state index in [0.717, 1.165) is 18.2 Å². The highest BCUT2D eigenvalue weighted by Crippen LogP contribution is 2.31. The Kier molecular flexibility index (Phi) is 4.15. The fraction of sp³-hybridized carbons (Fsp3) is 0.417. The summed E-state index contributed by atoms with van der Waals surface area (Å²) in [5.74, 6) is -0.657.